The number of hydrogen-bond donors (Lipinski definition) is 0. The number of rotatable bonds is 5. The van der Waals surface area contributed by atoms with E-state index in [9.17, 15) is 13.2 Å². The van der Waals surface area contributed by atoms with Crippen molar-refractivity contribution in [1.29, 1.82) is 0 Å². The molecular formula is C15H18N2O5S2. The highest BCUT2D eigenvalue weighted by atomic mass is 32.2. The molecule has 1 fully saturated rings. The minimum Gasteiger partial charge on any atom is -0.463 e. The van der Waals surface area contributed by atoms with E-state index in [1.54, 1.807) is 29.6 Å². The van der Waals surface area contributed by atoms with Gasteiger partial charge >= 0.3 is 5.97 Å². The molecule has 0 radical (unpaired) electrons. The number of methoxy groups -OCH3 is 1. The normalized spacial score (nSPS) is 17.0. The quantitative estimate of drug-likeness (QED) is 0.745. The third kappa shape index (κ3) is 3.54. The minimum absolute atomic E-state index is 0.173. The van der Waals surface area contributed by atoms with Gasteiger partial charge in [0, 0.05) is 26.2 Å². The monoisotopic (exact) mass is 370 g/mol. The maximum absolute atomic E-state index is 12.5. The van der Waals surface area contributed by atoms with Gasteiger partial charge in [0.2, 0.25) is 5.76 Å². The molecule has 3 rings (SSSR count). The van der Waals surface area contributed by atoms with Gasteiger partial charge in [-0.2, -0.15) is 4.31 Å². The second kappa shape index (κ2) is 7.06. The Balaban J connectivity index is 1.58. The van der Waals surface area contributed by atoms with E-state index in [1.807, 2.05) is 0 Å². The zero-order valence-electron chi connectivity index (χ0n) is 13.2. The number of furan rings is 1. The first-order chi connectivity index (χ1) is 11.5. The van der Waals surface area contributed by atoms with Crippen LogP contribution < -0.4 is 0 Å². The first-order valence-electron chi connectivity index (χ1n) is 7.44. The molecule has 2 aromatic rings. The summed E-state index contributed by atoms with van der Waals surface area (Å²) in [7, 11) is -2.08. The van der Waals surface area contributed by atoms with Gasteiger partial charge in [0.25, 0.3) is 10.0 Å². The molecule has 0 spiro atoms. The molecule has 3 heterocycles. The second-order valence-corrected chi connectivity index (χ2v) is 8.48. The third-order valence-electron chi connectivity index (χ3n) is 3.85. The van der Waals surface area contributed by atoms with Crippen molar-refractivity contribution in [3.8, 4) is 0 Å². The Bertz CT molecular complexity index is 790. The van der Waals surface area contributed by atoms with E-state index in [0.717, 1.165) is 0 Å². The molecule has 0 atom stereocenters. The van der Waals surface area contributed by atoms with Crippen LogP contribution in [0.25, 0.3) is 0 Å². The molecule has 0 aliphatic carbocycles. The molecule has 0 N–H and O–H groups in total. The van der Waals surface area contributed by atoms with E-state index < -0.39 is 16.0 Å². The molecule has 0 bridgehead atoms. The molecule has 1 saturated heterocycles. The largest absolute Gasteiger partial charge is 0.463 e. The average molecular weight is 370 g/mol. The summed E-state index contributed by atoms with van der Waals surface area (Å²) in [4.78, 5) is 13.5. The number of piperazine rings is 1. The van der Waals surface area contributed by atoms with Crippen molar-refractivity contribution in [3.05, 3.63) is 41.2 Å². The SMILES string of the molecule is COC(=O)c1ccc(CN2CCN(S(=O)(=O)c3cccs3)CC2)o1. The summed E-state index contributed by atoms with van der Waals surface area (Å²) in [6.45, 7) is 2.62. The standard InChI is InChI=1S/C15H18N2O5S2/c1-21-15(18)13-5-4-12(22-13)11-16-6-8-17(9-7-16)24(19,20)14-3-2-10-23-14/h2-5,10H,6-9,11H2,1H3. The number of esters is 1. The fourth-order valence-corrected chi connectivity index (χ4v) is 5.13. The van der Waals surface area contributed by atoms with E-state index in [2.05, 4.69) is 9.64 Å². The lowest BCUT2D eigenvalue weighted by atomic mass is 10.3. The average Bonchev–Trinajstić information content (AvgIpc) is 3.26. The fraction of sp³-hybridized carbons (Fsp3) is 0.400. The summed E-state index contributed by atoms with van der Waals surface area (Å²) < 4.78 is 36.9. The number of thiophene rings is 1. The van der Waals surface area contributed by atoms with Crippen LogP contribution in [0.1, 0.15) is 16.3 Å². The Morgan fingerprint density at radius 2 is 2.00 bits per heavy atom. The lowest BCUT2D eigenvalue weighted by molar-refractivity contribution is 0.0560. The molecule has 0 unspecified atom stereocenters. The zero-order chi connectivity index (χ0) is 17.2. The van der Waals surface area contributed by atoms with Gasteiger partial charge in [-0.1, -0.05) is 6.07 Å². The van der Waals surface area contributed by atoms with Gasteiger partial charge in [-0.25, -0.2) is 13.2 Å². The summed E-state index contributed by atoms with van der Waals surface area (Å²) >= 11 is 1.23. The number of carbonyl (C=O) groups is 1. The van der Waals surface area contributed by atoms with Crippen LogP contribution in [-0.2, 0) is 21.3 Å². The summed E-state index contributed by atoms with van der Waals surface area (Å²) in [5, 5.41) is 1.76. The highest BCUT2D eigenvalue weighted by Crippen LogP contribution is 2.22. The van der Waals surface area contributed by atoms with Crippen molar-refractivity contribution < 1.29 is 22.4 Å². The number of hydrogen-bond acceptors (Lipinski definition) is 7. The van der Waals surface area contributed by atoms with Gasteiger partial charge < -0.3 is 9.15 Å². The Labute approximate surface area is 144 Å². The maximum atomic E-state index is 12.5. The van der Waals surface area contributed by atoms with E-state index >= 15 is 0 Å². The zero-order valence-corrected chi connectivity index (χ0v) is 14.8. The first kappa shape index (κ1) is 17.2. The van der Waals surface area contributed by atoms with Crippen LogP contribution in [0.15, 0.2) is 38.3 Å². The first-order valence-corrected chi connectivity index (χ1v) is 9.76. The molecule has 9 heteroatoms. The summed E-state index contributed by atoms with van der Waals surface area (Å²) in [6.07, 6.45) is 0. The van der Waals surface area contributed by atoms with E-state index in [-0.39, 0.29) is 5.76 Å². The molecule has 24 heavy (non-hydrogen) atoms. The van der Waals surface area contributed by atoms with Crippen molar-refractivity contribution in [2.75, 3.05) is 33.3 Å². The lowest BCUT2D eigenvalue weighted by Crippen LogP contribution is -2.47. The van der Waals surface area contributed by atoms with Crippen LogP contribution in [0.5, 0.6) is 0 Å². The Hall–Kier alpha value is -1.68. The lowest BCUT2D eigenvalue weighted by Gasteiger charge is -2.33. The molecule has 0 aromatic carbocycles. The van der Waals surface area contributed by atoms with Crippen molar-refractivity contribution >= 4 is 27.3 Å². The van der Waals surface area contributed by atoms with Gasteiger partial charge in [-0.3, -0.25) is 4.90 Å². The third-order valence-corrected chi connectivity index (χ3v) is 7.12. The molecule has 1 aliphatic heterocycles. The van der Waals surface area contributed by atoms with Crippen LogP contribution in [0, 0.1) is 0 Å². The topological polar surface area (TPSA) is 80.1 Å². The van der Waals surface area contributed by atoms with E-state index in [4.69, 9.17) is 4.42 Å². The van der Waals surface area contributed by atoms with Crippen LogP contribution in [0.3, 0.4) is 0 Å². The molecule has 130 valence electrons. The van der Waals surface area contributed by atoms with Gasteiger partial charge in [0.05, 0.1) is 13.7 Å². The van der Waals surface area contributed by atoms with Gasteiger partial charge in [0.15, 0.2) is 0 Å². The summed E-state index contributed by atoms with van der Waals surface area (Å²) in [5.74, 6) is 0.324. The molecular weight excluding hydrogens is 352 g/mol. The number of carbonyl (C=O) groups excluding carboxylic acids is 1. The number of ether oxygens (including phenoxy) is 1. The molecule has 1 aliphatic rings. The molecule has 0 saturated carbocycles. The van der Waals surface area contributed by atoms with Crippen molar-refractivity contribution in [1.82, 2.24) is 9.21 Å². The van der Waals surface area contributed by atoms with Crippen LogP contribution in [0.2, 0.25) is 0 Å². The van der Waals surface area contributed by atoms with Crippen molar-refractivity contribution in [3.63, 3.8) is 0 Å². The molecule has 7 nitrogen and oxygen atoms in total. The van der Waals surface area contributed by atoms with Crippen LogP contribution in [0.4, 0.5) is 0 Å². The van der Waals surface area contributed by atoms with Crippen molar-refractivity contribution in [2.24, 2.45) is 0 Å². The number of nitrogens with zero attached hydrogens (tertiary/aromatic N) is 2. The highest BCUT2D eigenvalue weighted by molar-refractivity contribution is 7.91. The minimum atomic E-state index is -3.38. The number of sulfonamides is 1. The van der Waals surface area contributed by atoms with Gasteiger partial charge in [-0.15, -0.1) is 11.3 Å². The molecule has 2 aromatic heterocycles. The molecule has 0 amide bonds. The van der Waals surface area contributed by atoms with Crippen LogP contribution in [-0.4, -0.2) is 56.9 Å². The predicted molar refractivity (Wildman–Crippen MR) is 88.4 cm³/mol. The maximum Gasteiger partial charge on any atom is 0.373 e. The summed E-state index contributed by atoms with van der Waals surface area (Å²) in [6, 6.07) is 6.69. The predicted octanol–water partition coefficient (Wildman–Crippen LogP) is 1.63. The summed E-state index contributed by atoms with van der Waals surface area (Å²) in [5.41, 5.74) is 0. The van der Waals surface area contributed by atoms with Gasteiger partial charge in [-0.05, 0) is 23.6 Å². The Kier molecular flexibility index (Phi) is 5.04. The van der Waals surface area contributed by atoms with Crippen molar-refractivity contribution in [2.45, 2.75) is 10.8 Å². The fourth-order valence-electron chi connectivity index (χ4n) is 2.56. The van der Waals surface area contributed by atoms with Crippen LogP contribution >= 0.6 is 11.3 Å². The van der Waals surface area contributed by atoms with E-state index in [0.29, 0.717) is 42.7 Å². The highest BCUT2D eigenvalue weighted by Gasteiger charge is 2.29. The van der Waals surface area contributed by atoms with Gasteiger partial charge in [0.1, 0.15) is 9.97 Å². The second-order valence-electron chi connectivity index (χ2n) is 5.37. The van der Waals surface area contributed by atoms with E-state index in [1.165, 1.54) is 22.8 Å². The smallest absolute Gasteiger partial charge is 0.373 e. The Morgan fingerprint density at radius 3 is 2.62 bits per heavy atom. The Morgan fingerprint density at radius 1 is 1.25 bits per heavy atom.